The lowest BCUT2D eigenvalue weighted by Crippen LogP contribution is -2.69. The van der Waals surface area contributed by atoms with Crippen molar-refractivity contribution in [3.8, 4) is 0 Å². The highest BCUT2D eigenvalue weighted by atomic mass is 28.4. The average Bonchev–Trinajstić information content (AvgIpc) is 2.24. The van der Waals surface area contributed by atoms with E-state index in [0.29, 0.717) is 6.42 Å². The zero-order valence-electron chi connectivity index (χ0n) is 13.2. The van der Waals surface area contributed by atoms with Crippen LogP contribution in [0.15, 0.2) is 0 Å². The molecule has 2 atom stereocenters. The maximum Gasteiger partial charge on any atom is 0.330 e. The zero-order chi connectivity index (χ0) is 16.1. The SMILES string of the molecule is CC(C)(C)[Si](C)(C)O[C@H]1CCOC2(F)CC(=O)NC(=O)N12. The summed E-state index contributed by atoms with van der Waals surface area (Å²) in [6, 6.07) is -0.794. The second kappa shape index (κ2) is 5.03. The number of nitrogens with zero attached hydrogens (tertiary/aromatic N) is 1. The molecule has 0 aromatic carbocycles. The fourth-order valence-electron chi connectivity index (χ4n) is 2.20. The number of hydrogen-bond donors (Lipinski definition) is 1. The Morgan fingerprint density at radius 3 is 2.62 bits per heavy atom. The molecule has 120 valence electrons. The molecule has 2 fully saturated rings. The van der Waals surface area contributed by atoms with Crippen molar-refractivity contribution in [2.24, 2.45) is 0 Å². The van der Waals surface area contributed by atoms with Crippen molar-refractivity contribution < 1.29 is 23.1 Å². The van der Waals surface area contributed by atoms with Crippen LogP contribution < -0.4 is 5.32 Å². The topological polar surface area (TPSA) is 67.9 Å². The van der Waals surface area contributed by atoms with Gasteiger partial charge in [-0.3, -0.25) is 10.1 Å². The summed E-state index contributed by atoms with van der Waals surface area (Å²) < 4.78 is 26.0. The molecule has 0 aromatic rings. The van der Waals surface area contributed by atoms with Gasteiger partial charge in [-0.1, -0.05) is 20.8 Å². The molecule has 1 N–H and O–H groups in total. The number of halogens is 1. The van der Waals surface area contributed by atoms with Gasteiger partial charge in [-0.2, -0.15) is 4.39 Å². The summed E-state index contributed by atoms with van der Waals surface area (Å²) in [6.07, 6.45) is -0.839. The Morgan fingerprint density at radius 1 is 1.43 bits per heavy atom. The summed E-state index contributed by atoms with van der Waals surface area (Å²) in [5.74, 6) is -3.07. The molecule has 0 bridgehead atoms. The van der Waals surface area contributed by atoms with E-state index >= 15 is 0 Å². The van der Waals surface area contributed by atoms with E-state index in [1.807, 2.05) is 13.1 Å². The lowest BCUT2D eigenvalue weighted by Gasteiger charge is -2.50. The van der Waals surface area contributed by atoms with E-state index in [1.54, 1.807) is 0 Å². The fourth-order valence-corrected chi connectivity index (χ4v) is 3.46. The van der Waals surface area contributed by atoms with E-state index in [9.17, 15) is 14.0 Å². The van der Waals surface area contributed by atoms with Crippen LogP contribution in [0.25, 0.3) is 0 Å². The molecular weight excluding hydrogens is 295 g/mol. The molecule has 0 spiro atoms. The molecule has 2 heterocycles. The van der Waals surface area contributed by atoms with Crippen LogP contribution in [0.2, 0.25) is 18.1 Å². The van der Waals surface area contributed by atoms with Crippen molar-refractivity contribution in [2.75, 3.05) is 6.61 Å². The minimum atomic E-state index is -2.40. The summed E-state index contributed by atoms with van der Waals surface area (Å²) >= 11 is 0. The molecule has 8 heteroatoms. The fraction of sp³-hybridized carbons (Fsp3) is 0.846. The normalized spacial score (nSPS) is 31.0. The number of nitrogens with one attached hydrogen (secondary N) is 1. The van der Waals surface area contributed by atoms with Gasteiger partial charge in [-0.25, -0.2) is 9.69 Å². The predicted molar refractivity (Wildman–Crippen MR) is 76.5 cm³/mol. The van der Waals surface area contributed by atoms with Crippen LogP contribution in [0.1, 0.15) is 33.6 Å². The molecule has 2 rings (SSSR count). The molecule has 0 saturated carbocycles. The number of alkyl halides is 1. The van der Waals surface area contributed by atoms with Gasteiger partial charge in [0.15, 0.2) is 8.32 Å². The molecule has 6 nitrogen and oxygen atoms in total. The number of carbonyl (C=O) groups excluding carboxylic acids is 2. The monoisotopic (exact) mass is 318 g/mol. The van der Waals surface area contributed by atoms with Gasteiger partial charge in [0.25, 0.3) is 0 Å². The minimum Gasteiger partial charge on any atom is -0.397 e. The molecule has 2 saturated heterocycles. The first-order chi connectivity index (χ1) is 9.46. The predicted octanol–water partition coefficient (Wildman–Crippen LogP) is 2.32. The van der Waals surface area contributed by atoms with E-state index < -0.39 is 38.9 Å². The number of ether oxygens (including phenoxy) is 1. The largest absolute Gasteiger partial charge is 0.397 e. The number of carbonyl (C=O) groups is 2. The van der Waals surface area contributed by atoms with Crippen LogP contribution >= 0.6 is 0 Å². The molecule has 2 aliphatic rings. The quantitative estimate of drug-likeness (QED) is 0.627. The Hall–Kier alpha value is -0.993. The standard InChI is InChI=1S/C13H23FN2O4Si/c1-12(2,3)21(4,5)20-10-6-7-19-13(14)8-9(17)15-11(18)16(10)13/h10H,6-8H2,1-5H3,(H,15,17,18)/t10-,13?/m0/s1. The molecule has 1 unspecified atom stereocenters. The van der Waals surface area contributed by atoms with E-state index in [2.05, 4.69) is 26.1 Å². The van der Waals surface area contributed by atoms with Gasteiger partial charge in [0.05, 0.1) is 6.61 Å². The summed E-state index contributed by atoms with van der Waals surface area (Å²) in [5, 5.41) is 2.06. The van der Waals surface area contributed by atoms with Crippen molar-refractivity contribution in [3.05, 3.63) is 0 Å². The first-order valence-corrected chi connectivity index (χ1v) is 10.0. The van der Waals surface area contributed by atoms with Crippen LogP contribution in [0.4, 0.5) is 9.18 Å². The van der Waals surface area contributed by atoms with Gasteiger partial charge in [-0.05, 0) is 18.1 Å². The Kier molecular flexibility index (Phi) is 3.92. The molecular formula is C13H23FN2O4Si. The smallest absolute Gasteiger partial charge is 0.330 e. The summed E-state index contributed by atoms with van der Waals surface area (Å²) in [4.78, 5) is 24.3. The molecule has 21 heavy (non-hydrogen) atoms. The van der Waals surface area contributed by atoms with Crippen molar-refractivity contribution in [3.63, 3.8) is 0 Å². The second-order valence-electron chi connectivity index (χ2n) is 7.06. The lowest BCUT2D eigenvalue weighted by atomic mass is 10.2. The zero-order valence-corrected chi connectivity index (χ0v) is 14.2. The first-order valence-electron chi connectivity index (χ1n) is 7.10. The van der Waals surface area contributed by atoms with Gasteiger partial charge in [0.2, 0.25) is 5.91 Å². The Bertz CT molecular complexity index is 466. The first kappa shape index (κ1) is 16.4. The van der Waals surface area contributed by atoms with Crippen LogP contribution in [-0.2, 0) is 14.0 Å². The van der Waals surface area contributed by atoms with Gasteiger partial charge < -0.3 is 9.16 Å². The van der Waals surface area contributed by atoms with Gasteiger partial charge >= 0.3 is 12.0 Å². The maximum atomic E-state index is 14.8. The lowest BCUT2D eigenvalue weighted by molar-refractivity contribution is -0.290. The third-order valence-electron chi connectivity index (χ3n) is 4.42. The van der Waals surface area contributed by atoms with E-state index in [0.717, 1.165) is 4.90 Å². The molecule has 0 radical (unpaired) electrons. The summed E-state index contributed by atoms with van der Waals surface area (Å²) in [6.45, 7) is 10.4. The third-order valence-corrected chi connectivity index (χ3v) is 8.89. The maximum absolute atomic E-state index is 14.8. The number of fused-ring (bicyclic) bond motifs is 1. The van der Waals surface area contributed by atoms with E-state index in [-0.39, 0.29) is 11.6 Å². The highest BCUT2D eigenvalue weighted by Gasteiger charge is 2.55. The van der Waals surface area contributed by atoms with Crippen LogP contribution in [0, 0.1) is 0 Å². The third kappa shape index (κ3) is 2.97. The van der Waals surface area contributed by atoms with Crippen molar-refractivity contribution >= 4 is 20.3 Å². The Morgan fingerprint density at radius 2 is 2.05 bits per heavy atom. The Balaban J connectivity index is 2.25. The van der Waals surface area contributed by atoms with Gasteiger partial charge in [-0.15, -0.1) is 0 Å². The summed E-state index contributed by atoms with van der Waals surface area (Å²) in [7, 11) is -2.18. The molecule has 3 amide bonds. The molecule has 2 aliphatic heterocycles. The number of urea groups is 1. The highest BCUT2D eigenvalue weighted by molar-refractivity contribution is 6.74. The van der Waals surface area contributed by atoms with Crippen molar-refractivity contribution in [2.45, 2.75) is 64.0 Å². The molecule has 0 aliphatic carbocycles. The minimum absolute atomic E-state index is 0.0631. The van der Waals surface area contributed by atoms with Gasteiger partial charge in [0, 0.05) is 6.42 Å². The van der Waals surface area contributed by atoms with Crippen LogP contribution in [-0.4, -0.2) is 44.0 Å². The van der Waals surface area contributed by atoms with Crippen LogP contribution in [0.5, 0.6) is 0 Å². The second-order valence-corrected chi connectivity index (χ2v) is 11.8. The number of hydrogen-bond acceptors (Lipinski definition) is 4. The van der Waals surface area contributed by atoms with E-state index in [4.69, 9.17) is 9.16 Å². The highest BCUT2D eigenvalue weighted by Crippen LogP contribution is 2.41. The van der Waals surface area contributed by atoms with Crippen molar-refractivity contribution in [1.82, 2.24) is 10.2 Å². The number of imide groups is 1. The number of rotatable bonds is 2. The molecule has 0 aromatic heterocycles. The Labute approximate surface area is 125 Å². The van der Waals surface area contributed by atoms with Gasteiger partial charge in [0.1, 0.15) is 12.6 Å². The number of amides is 3. The average molecular weight is 318 g/mol. The van der Waals surface area contributed by atoms with Crippen molar-refractivity contribution in [1.29, 1.82) is 0 Å². The van der Waals surface area contributed by atoms with E-state index in [1.165, 1.54) is 0 Å². The summed E-state index contributed by atoms with van der Waals surface area (Å²) in [5.41, 5.74) is 0. The van der Waals surface area contributed by atoms with Crippen LogP contribution in [0.3, 0.4) is 0 Å².